The van der Waals surface area contributed by atoms with Crippen molar-refractivity contribution in [1.82, 2.24) is 9.38 Å². The van der Waals surface area contributed by atoms with Gasteiger partial charge in [0.2, 0.25) is 5.69 Å². The second-order valence-corrected chi connectivity index (χ2v) is 8.86. The zero-order valence-electron chi connectivity index (χ0n) is 17.2. The van der Waals surface area contributed by atoms with Gasteiger partial charge in [-0.05, 0) is 61.1 Å². The molecule has 0 spiro atoms. The van der Waals surface area contributed by atoms with Crippen molar-refractivity contribution in [3.8, 4) is 11.3 Å². The van der Waals surface area contributed by atoms with Crippen molar-refractivity contribution in [3.63, 3.8) is 0 Å². The van der Waals surface area contributed by atoms with Crippen LogP contribution >= 0.6 is 0 Å². The number of aromatic nitrogens is 3. The summed E-state index contributed by atoms with van der Waals surface area (Å²) < 4.78 is 4.44. The Bertz CT molecular complexity index is 1160. The molecule has 0 aliphatic carbocycles. The van der Waals surface area contributed by atoms with Crippen molar-refractivity contribution >= 4 is 16.7 Å². The van der Waals surface area contributed by atoms with E-state index in [1.165, 1.54) is 33.5 Å². The first kappa shape index (κ1) is 17.7. The topological polar surface area (TPSA) is 21.2 Å². The molecule has 0 radical (unpaired) electrons. The molecule has 0 unspecified atom stereocenters. The summed E-state index contributed by atoms with van der Waals surface area (Å²) >= 11 is 0. The summed E-state index contributed by atoms with van der Waals surface area (Å²) in [4.78, 5) is 4.77. The molecule has 3 heteroatoms. The molecule has 4 aromatic rings. The van der Waals surface area contributed by atoms with Gasteiger partial charge >= 0.3 is 0 Å². The number of nitrogens with zero attached hydrogens (tertiary/aromatic N) is 3. The number of hydrogen-bond donors (Lipinski definition) is 0. The normalized spacial score (nSPS) is 12.2. The fraction of sp³-hybridized carbons (Fsp3) is 0.333. The molecule has 0 aliphatic rings. The highest BCUT2D eigenvalue weighted by atomic mass is 15.0. The molecule has 0 N–H and O–H groups in total. The van der Waals surface area contributed by atoms with E-state index < -0.39 is 0 Å². The average molecular weight is 359 g/mol. The summed E-state index contributed by atoms with van der Waals surface area (Å²) in [6.45, 7) is 11.3. The zero-order chi connectivity index (χ0) is 19.3. The molecule has 3 heterocycles. The van der Waals surface area contributed by atoms with Crippen LogP contribution in [-0.4, -0.2) is 9.38 Å². The number of aryl methyl sites for hydroxylation is 3. The Hall–Kier alpha value is -2.68. The molecular formula is C24H28N3+. The van der Waals surface area contributed by atoms with Gasteiger partial charge in [0.05, 0.1) is 16.6 Å². The van der Waals surface area contributed by atoms with Gasteiger partial charge in [0.25, 0.3) is 0 Å². The molecule has 4 rings (SSSR count). The summed E-state index contributed by atoms with van der Waals surface area (Å²) in [6, 6.07) is 12.9. The van der Waals surface area contributed by atoms with Gasteiger partial charge in [-0.3, -0.25) is 4.40 Å². The van der Waals surface area contributed by atoms with Crippen molar-refractivity contribution in [2.24, 2.45) is 12.5 Å². The molecule has 0 saturated carbocycles. The van der Waals surface area contributed by atoms with Crippen molar-refractivity contribution in [3.05, 3.63) is 65.5 Å². The summed E-state index contributed by atoms with van der Waals surface area (Å²) in [5, 5.41) is 0. The third kappa shape index (κ3) is 3.12. The molecule has 0 bridgehead atoms. The minimum absolute atomic E-state index is 0.266. The number of hydrogen-bond acceptors (Lipinski definition) is 1. The Labute approximate surface area is 161 Å². The van der Waals surface area contributed by atoms with E-state index in [9.17, 15) is 0 Å². The minimum Gasteiger partial charge on any atom is -0.299 e. The van der Waals surface area contributed by atoms with Gasteiger partial charge in [-0.1, -0.05) is 26.8 Å². The number of benzene rings is 1. The summed E-state index contributed by atoms with van der Waals surface area (Å²) in [5.41, 5.74) is 10.1. The van der Waals surface area contributed by atoms with E-state index in [0.29, 0.717) is 0 Å². The zero-order valence-corrected chi connectivity index (χ0v) is 17.2. The lowest BCUT2D eigenvalue weighted by Crippen LogP contribution is -2.32. The lowest BCUT2D eigenvalue weighted by atomic mass is 9.86. The molecule has 3 aromatic heterocycles. The van der Waals surface area contributed by atoms with Crippen LogP contribution in [-0.2, 0) is 13.5 Å². The highest BCUT2D eigenvalue weighted by Gasteiger charge is 2.21. The van der Waals surface area contributed by atoms with Gasteiger partial charge in [0, 0.05) is 17.8 Å². The lowest BCUT2D eigenvalue weighted by molar-refractivity contribution is -0.660. The first-order valence-electron chi connectivity index (χ1n) is 9.60. The van der Waals surface area contributed by atoms with E-state index in [1.54, 1.807) is 0 Å². The fourth-order valence-corrected chi connectivity index (χ4v) is 4.05. The first-order chi connectivity index (χ1) is 12.7. The Morgan fingerprint density at radius 1 is 1.07 bits per heavy atom. The van der Waals surface area contributed by atoms with Gasteiger partial charge in [-0.15, -0.1) is 0 Å². The molecule has 0 saturated heterocycles. The molecule has 3 nitrogen and oxygen atoms in total. The molecule has 0 atom stereocenters. The maximum absolute atomic E-state index is 4.77. The smallest absolute Gasteiger partial charge is 0.212 e. The van der Waals surface area contributed by atoms with Gasteiger partial charge in [-0.25, -0.2) is 9.55 Å². The fourth-order valence-electron chi connectivity index (χ4n) is 4.05. The third-order valence-corrected chi connectivity index (χ3v) is 5.31. The largest absolute Gasteiger partial charge is 0.299 e. The van der Waals surface area contributed by atoms with Crippen LogP contribution in [0.1, 0.15) is 37.5 Å². The van der Waals surface area contributed by atoms with E-state index >= 15 is 0 Å². The lowest BCUT2D eigenvalue weighted by Gasteiger charge is -2.19. The van der Waals surface area contributed by atoms with Gasteiger partial charge in [0.1, 0.15) is 12.7 Å². The van der Waals surface area contributed by atoms with Crippen molar-refractivity contribution in [1.29, 1.82) is 0 Å². The SMILES string of the molecule is Cc1c[n+](C)c(-c2ccc3nc4ccccn4c3c2C)cc1CC(C)(C)C. The van der Waals surface area contributed by atoms with E-state index in [2.05, 4.69) is 93.4 Å². The number of pyridine rings is 2. The second kappa shape index (κ2) is 6.19. The van der Waals surface area contributed by atoms with Gasteiger partial charge in [0.15, 0.2) is 6.20 Å². The number of imidazole rings is 1. The molecular weight excluding hydrogens is 330 g/mol. The van der Waals surface area contributed by atoms with Crippen LogP contribution in [0.4, 0.5) is 0 Å². The molecule has 0 amide bonds. The van der Waals surface area contributed by atoms with Crippen LogP contribution in [0.5, 0.6) is 0 Å². The first-order valence-corrected chi connectivity index (χ1v) is 9.60. The summed E-state index contributed by atoms with van der Waals surface area (Å²) in [6.07, 6.45) is 5.43. The predicted octanol–water partition coefficient (Wildman–Crippen LogP) is 5.18. The van der Waals surface area contributed by atoms with Crippen LogP contribution in [0.25, 0.3) is 27.9 Å². The van der Waals surface area contributed by atoms with E-state index in [4.69, 9.17) is 4.98 Å². The van der Waals surface area contributed by atoms with Crippen LogP contribution < -0.4 is 4.57 Å². The van der Waals surface area contributed by atoms with Crippen LogP contribution in [0.3, 0.4) is 0 Å². The molecule has 0 fully saturated rings. The standard InChI is InChI=1S/C24H28N3/c1-16-15-26(6)21(13-18(16)14-24(3,4)5)19-10-11-20-23(17(19)2)27-12-8-7-9-22(27)25-20/h7-13,15H,14H2,1-6H3/q+1. The number of fused-ring (bicyclic) bond motifs is 3. The van der Waals surface area contributed by atoms with Gasteiger partial charge < -0.3 is 0 Å². The van der Waals surface area contributed by atoms with E-state index in [-0.39, 0.29) is 5.41 Å². The summed E-state index contributed by atoms with van der Waals surface area (Å²) in [7, 11) is 2.14. The van der Waals surface area contributed by atoms with E-state index in [1.807, 2.05) is 6.07 Å². The Balaban J connectivity index is 1.95. The Morgan fingerprint density at radius 3 is 2.59 bits per heavy atom. The molecule has 138 valence electrons. The molecule has 1 aromatic carbocycles. The molecule has 27 heavy (non-hydrogen) atoms. The van der Waals surface area contributed by atoms with Crippen molar-refractivity contribution in [2.45, 2.75) is 41.0 Å². The Kier molecular flexibility index (Phi) is 4.06. The number of rotatable bonds is 2. The highest BCUT2D eigenvalue weighted by molar-refractivity contribution is 5.88. The van der Waals surface area contributed by atoms with Crippen LogP contribution in [0.15, 0.2) is 48.8 Å². The predicted molar refractivity (Wildman–Crippen MR) is 112 cm³/mol. The monoisotopic (exact) mass is 358 g/mol. The third-order valence-electron chi connectivity index (χ3n) is 5.31. The van der Waals surface area contributed by atoms with Crippen molar-refractivity contribution < 1.29 is 4.57 Å². The quantitative estimate of drug-likeness (QED) is 0.452. The maximum Gasteiger partial charge on any atom is 0.212 e. The van der Waals surface area contributed by atoms with Gasteiger partial charge in [-0.2, -0.15) is 0 Å². The maximum atomic E-state index is 4.77. The highest BCUT2D eigenvalue weighted by Crippen LogP contribution is 2.31. The minimum atomic E-state index is 0.266. The second-order valence-electron chi connectivity index (χ2n) is 8.86. The van der Waals surface area contributed by atoms with Crippen LogP contribution in [0.2, 0.25) is 0 Å². The molecule has 0 aliphatic heterocycles. The van der Waals surface area contributed by atoms with Crippen LogP contribution in [0, 0.1) is 19.3 Å². The average Bonchev–Trinajstić information content (AvgIpc) is 2.96. The van der Waals surface area contributed by atoms with E-state index in [0.717, 1.165) is 17.6 Å². The Morgan fingerprint density at radius 2 is 1.85 bits per heavy atom. The summed E-state index contributed by atoms with van der Waals surface area (Å²) in [5.74, 6) is 0. The van der Waals surface area contributed by atoms with Crippen molar-refractivity contribution in [2.75, 3.05) is 0 Å².